The van der Waals surface area contributed by atoms with Crippen molar-refractivity contribution in [2.24, 2.45) is 0 Å². The first-order valence-corrected chi connectivity index (χ1v) is 9.53. The number of aromatic nitrogens is 2. The van der Waals surface area contributed by atoms with Crippen molar-refractivity contribution in [2.75, 3.05) is 12.0 Å². The Labute approximate surface area is 128 Å². The number of nitrogens with one attached hydrogen (secondary N) is 1. The average molecular weight is 328 g/mol. The molecular formula is C13H16N2O2S3. The predicted octanol–water partition coefficient (Wildman–Crippen LogP) is 2.55. The maximum absolute atomic E-state index is 12.8. The van der Waals surface area contributed by atoms with Crippen LogP contribution in [0.25, 0.3) is 10.2 Å². The van der Waals surface area contributed by atoms with Crippen molar-refractivity contribution in [2.45, 2.75) is 32.2 Å². The molecule has 2 heterocycles. The molecule has 3 rings (SSSR count). The van der Waals surface area contributed by atoms with Gasteiger partial charge >= 0.3 is 0 Å². The fourth-order valence-electron chi connectivity index (χ4n) is 2.90. The lowest BCUT2D eigenvalue weighted by Crippen LogP contribution is -2.28. The highest BCUT2D eigenvalue weighted by Gasteiger charge is 2.22. The predicted molar refractivity (Wildman–Crippen MR) is 86.9 cm³/mol. The number of hydrogen-bond donors (Lipinski definition) is 1. The topological polar surface area (TPSA) is 54.9 Å². The second-order valence-corrected chi connectivity index (χ2v) is 8.23. The fraction of sp³-hybridized carbons (Fsp3) is 0.538. The van der Waals surface area contributed by atoms with E-state index in [0.29, 0.717) is 10.5 Å². The zero-order valence-electron chi connectivity index (χ0n) is 11.4. The zero-order chi connectivity index (χ0) is 14.4. The summed E-state index contributed by atoms with van der Waals surface area (Å²) in [7, 11) is -0.953. The number of hydrogen-bond acceptors (Lipinski definition) is 4. The first-order chi connectivity index (χ1) is 9.49. The molecule has 0 bridgehead atoms. The van der Waals surface area contributed by atoms with Gasteiger partial charge in [-0.3, -0.25) is 13.6 Å². The lowest BCUT2D eigenvalue weighted by molar-refractivity contribution is 0.565. The maximum atomic E-state index is 12.8. The molecule has 2 unspecified atom stereocenters. The van der Waals surface area contributed by atoms with E-state index in [-0.39, 0.29) is 11.6 Å². The van der Waals surface area contributed by atoms with Crippen LogP contribution in [0.2, 0.25) is 0 Å². The summed E-state index contributed by atoms with van der Waals surface area (Å²) in [5.41, 5.74) is 1.17. The Balaban J connectivity index is 2.26. The van der Waals surface area contributed by atoms with E-state index in [1.165, 1.54) is 10.4 Å². The summed E-state index contributed by atoms with van der Waals surface area (Å²) in [4.78, 5) is 18.2. The first-order valence-electron chi connectivity index (χ1n) is 6.58. The third-order valence-corrected chi connectivity index (χ3v) is 6.17. The summed E-state index contributed by atoms with van der Waals surface area (Å²) in [5, 5.41) is 0.796. The van der Waals surface area contributed by atoms with Gasteiger partial charge in [0, 0.05) is 33.7 Å². The Hall–Kier alpha value is -0.790. The van der Waals surface area contributed by atoms with Crippen molar-refractivity contribution in [3.8, 4) is 0 Å². The Bertz CT molecular complexity index is 815. The van der Waals surface area contributed by atoms with Crippen molar-refractivity contribution < 1.29 is 4.21 Å². The quantitative estimate of drug-likeness (QED) is 0.881. The molecule has 7 heteroatoms. The Morgan fingerprint density at radius 1 is 1.50 bits per heavy atom. The van der Waals surface area contributed by atoms with E-state index >= 15 is 0 Å². The first kappa shape index (κ1) is 14.2. The van der Waals surface area contributed by atoms with Gasteiger partial charge in [-0.05, 0) is 44.0 Å². The van der Waals surface area contributed by atoms with E-state index in [0.717, 1.165) is 29.5 Å². The molecule has 1 aliphatic rings. The van der Waals surface area contributed by atoms with Gasteiger partial charge in [-0.2, -0.15) is 0 Å². The highest BCUT2D eigenvalue weighted by molar-refractivity contribution is 7.84. The molecule has 0 amide bonds. The Morgan fingerprint density at radius 3 is 2.95 bits per heavy atom. The number of rotatable bonds is 3. The van der Waals surface area contributed by atoms with Crippen molar-refractivity contribution >= 4 is 44.6 Å². The molecule has 20 heavy (non-hydrogen) atoms. The molecule has 2 aromatic heterocycles. The van der Waals surface area contributed by atoms with Crippen LogP contribution in [0.15, 0.2) is 4.79 Å². The van der Waals surface area contributed by atoms with Crippen LogP contribution in [0.1, 0.15) is 29.8 Å². The number of thiophene rings is 1. The van der Waals surface area contributed by atoms with E-state index in [9.17, 15) is 9.00 Å². The number of aryl methyl sites for hydroxylation is 2. The SMILES string of the molecule is CC(CS(C)=O)n1c(=S)[nH]c2sc3c(c2c1=O)CCC3. The third-order valence-electron chi connectivity index (χ3n) is 3.71. The van der Waals surface area contributed by atoms with E-state index in [1.807, 2.05) is 6.92 Å². The molecule has 0 saturated heterocycles. The lowest BCUT2D eigenvalue weighted by atomic mass is 10.2. The highest BCUT2D eigenvalue weighted by atomic mass is 32.2. The molecule has 0 saturated carbocycles. The molecule has 1 aliphatic carbocycles. The number of nitrogens with zero attached hydrogens (tertiary/aromatic N) is 1. The van der Waals surface area contributed by atoms with Crippen molar-refractivity contribution in [1.82, 2.24) is 9.55 Å². The van der Waals surface area contributed by atoms with Gasteiger partial charge in [-0.1, -0.05) is 0 Å². The molecule has 0 aromatic carbocycles. The van der Waals surface area contributed by atoms with Crippen molar-refractivity contribution in [1.29, 1.82) is 0 Å². The molecule has 2 aromatic rings. The second kappa shape index (κ2) is 5.20. The molecule has 108 valence electrons. The molecule has 1 N–H and O–H groups in total. The monoisotopic (exact) mass is 328 g/mol. The van der Waals surface area contributed by atoms with E-state index < -0.39 is 10.8 Å². The van der Waals surface area contributed by atoms with Crippen LogP contribution in [0.3, 0.4) is 0 Å². The normalized spacial score (nSPS) is 17.3. The molecule has 0 fully saturated rings. The fourth-order valence-corrected chi connectivity index (χ4v) is 5.44. The Morgan fingerprint density at radius 2 is 2.25 bits per heavy atom. The van der Waals surface area contributed by atoms with Crippen LogP contribution in [0.4, 0.5) is 0 Å². The number of fused-ring (bicyclic) bond motifs is 3. The summed E-state index contributed by atoms with van der Waals surface area (Å²) in [6.07, 6.45) is 4.81. The van der Waals surface area contributed by atoms with Crippen LogP contribution >= 0.6 is 23.6 Å². The van der Waals surface area contributed by atoms with Gasteiger partial charge in [0.15, 0.2) is 4.77 Å². The molecular weight excluding hydrogens is 312 g/mol. The minimum Gasteiger partial charge on any atom is -0.323 e. The van der Waals surface area contributed by atoms with Crippen LogP contribution in [0, 0.1) is 4.77 Å². The summed E-state index contributed by atoms with van der Waals surface area (Å²) in [6.45, 7) is 1.89. The van der Waals surface area contributed by atoms with Gasteiger partial charge < -0.3 is 4.98 Å². The summed E-state index contributed by atoms with van der Waals surface area (Å²) in [6, 6.07) is -0.154. The smallest absolute Gasteiger partial charge is 0.263 e. The van der Waals surface area contributed by atoms with Crippen LogP contribution in [0.5, 0.6) is 0 Å². The summed E-state index contributed by atoms with van der Waals surface area (Å²) < 4.78 is 13.4. The van der Waals surface area contributed by atoms with Gasteiger partial charge in [0.2, 0.25) is 0 Å². The standard InChI is InChI=1S/C13H16N2O2S3/c1-7(6-20(2)17)15-12(16)10-8-4-3-5-9(8)19-11(10)14-13(15)18/h7H,3-6H2,1-2H3,(H,14,18). The molecule has 2 atom stereocenters. The van der Waals surface area contributed by atoms with Crippen molar-refractivity contribution in [3.05, 3.63) is 25.6 Å². The second-order valence-electron chi connectivity index (χ2n) is 5.26. The van der Waals surface area contributed by atoms with Crippen LogP contribution < -0.4 is 5.56 Å². The van der Waals surface area contributed by atoms with Gasteiger partial charge in [-0.25, -0.2) is 0 Å². The molecule has 0 spiro atoms. The van der Waals surface area contributed by atoms with Gasteiger partial charge in [0.25, 0.3) is 5.56 Å². The lowest BCUT2D eigenvalue weighted by Gasteiger charge is -2.14. The molecule has 0 radical (unpaired) electrons. The van der Waals surface area contributed by atoms with Crippen molar-refractivity contribution in [3.63, 3.8) is 0 Å². The van der Waals surface area contributed by atoms with E-state index in [1.54, 1.807) is 22.2 Å². The highest BCUT2D eigenvalue weighted by Crippen LogP contribution is 2.34. The van der Waals surface area contributed by atoms with Gasteiger partial charge in [-0.15, -0.1) is 11.3 Å². The molecule has 4 nitrogen and oxygen atoms in total. The van der Waals surface area contributed by atoms with E-state index in [2.05, 4.69) is 4.98 Å². The van der Waals surface area contributed by atoms with Crippen LogP contribution in [-0.2, 0) is 23.6 Å². The minimum absolute atomic E-state index is 0.0268. The number of aromatic amines is 1. The largest absolute Gasteiger partial charge is 0.323 e. The zero-order valence-corrected chi connectivity index (χ0v) is 13.8. The maximum Gasteiger partial charge on any atom is 0.263 e. The average Bonchev–Trinajstić information content (AvgIpc) is 2.86. The van der Waals surface area contributed by atoms with Gasteiger partial charge in [0.1, 0.15) is 4.83 Å². The number of H-pyrrole nitrogens is 1. The Kier molecular flexibility index (Phi) is 3.68. The minimum atomic E-state index is -0.953. The summed E-state index contributed by atoms with van der Waals surface area (Å²) >= 11 is 6.97. The van der Waals surface area contributed by atoms with Gasteiger partial charge in [0.05, 0.1) is 5.39 Å². The summed E-state index contributed by atoms with van der Waals surface area (Å²) in [5.74, 6) is 0.440. The van der Waals surface area contributed by atoms with E-state index in [4.69, 9.17) is 12.2 Å². The molecule has 0 aliphatic heterocycles. The van der Waals surface area contributed by atoms with Crippen LogP contribution in [-0.4, -0.2) is 25.8 Å². The third kappa shape index (κ3) is 2.21.